The summed E-state index contributed by atoms with van der Waals surface area (Å²) < 4.78 is 13.9. The second-order valence-corrected chi connectivity index (χ2v) is 9.13. The zero-order chi connectivity index (χ0) is 21.2. The summed E-state index contributed by atoms with van der Waals surface area (Å²) in [6.45, 7) is 1.23. The van der Waals surface area contributed by atoms with Gasteiger partial charge in [-0.05, 0) is 37.1 Å². The molecule has 7 nitrogen and oxygen atoms in total. The van der Waals surface area contributed by atoms with Gasteiger partial charge in [-0.3, -0.25) is 9.36 Å². The van der Waals surface area contributed by atoms with Crippen molar-refractivity contribution in [3.8, 4) is 11.4 Å². The first kappa shape index (κ1) is 20.4. The average molecular weight is 499 g/mol. The number of hydrogen-bond acceptors (Lipinski definition) is 7. The number of nitrogens with zero attached hydrogens (tertiary/aromatic N) is 4. The van der Waals surface area contributed by atoms with Crippen LogP contribution in [0.3, 0.4) is 0 Å². The fraction of sp³-hybridized carbons (Fsp3) is 0.273. The molecule has 2 aromatic heterocycles. The van der Waals surface area contributed by atoms with E-state index < -0.39 is 0 Å². The second kappa shape index (κ2) is 8.94. The zero-order valence-corrected chi connectivity index (χ0v) is 18.9. The summed E-state index contributed by atoms with van der Waals surface area (Å²) in [6.07, 6.45) is 2.00. The number of fused-ring (bicyclic) bond motifs is 1. The number of thioether (sulfide) groups is 1. The van der Waals surface area contributed by atoms with Crippen molar-refractivity contribution in [2.24, 2.45) is 0 Å². The molecule has 0 aliphatic carbocycles. The molecule has 0 saturated carbocycles. The third kappa shape index (κ3) is 4.44. The van der Waals surface area contributed by atoms with Gasteiger partial charge < -0.3 is 9.26 Å². The van der Waals surface area contributed by atoms with E-state index in [2.05, 4.69) is 26.1 Å². The molecular weight excluding hydrogens is 480 g/mol. The van der Waals surface area contributed by atoms with Crippen LogP contribution in [0.1, 0.15) is 18.7 Å². The third-order valence-electron chi connectivity index (χ3n) is 5.11. The van der Waals surface area contributed by atoms with Crippen LogP contribution in [0.25, 0.3) is 22.3 Å². The van der Waals surface area contributed by atoms with Gasteiger partial charge in [0, 0.05) is 16.6 Å². The van der Waals surface area contributed by atoms with Crippen LogP contribution in [0.5, 0.6) is 0 Å². The quantitative estimate of drug-likeness (QED) is 0.281. The molecule has 0 spiro atoms. The lowest BCUT2D eigenvalue weighted by atomic mass is 10.2. The molecule has 158 valence electrons. The fourth-order valence-corrected chi connectivity index (χ4v) is 4.84. The van der Waals surface area contributed by atoms with E-state index in [1.165, 1.54) is 11.8 Å². The van der Waals surface area contributed by atoms with Crippen LogP contribution in [-0.2, 0) is 17.0 Å². The molecule has 4 aromatic rings. The summed E-state index contributed by atoms with van der Waals surface area (Å²) in [5.41, 5.74) is 1.50. The van der Waals surface area contributed by atoms with Gasteiger partial charge in [-0.25, -0.2) is 4.98 Å². The average Bonchev–Trinajstić information content (AvgIpc) is 3.47. The van der Waals surface area contributed by atoms with Gasteiger partial charge in [0.25, 0.3) is 5.56 Å². The number of para-hydroxylation sites is 1. The number of ether oxygens (including phenoxy) is 1. The van der Waals surface area contributed by atoms with Crippen molar-refractivity contribution >= 4 is 38.6 Å². The molecule has 2 aromatic carbocycles. The van der Waals surface area contributed by atoms with Crippen LogP contribution in [0.4, 0.5) is 0 Å². The van der Waals surface area contributed by atoms with E-state index in [1.54, 1.807) is 4.57 Å². The Bertz CT molecular complexity index is 1280. The molecule has 1 saturated heterocycles. The summed E-state index contributed by atoms with van der Waals surface area (Å²) in [7, 11) is 0. The minimum atomic E-state index is -0.0519. The van der Waals surface area contributed by atoms with E-state index in [0.717, 1.165) is 29.5 Å². The zero-order valence-electron chi connectivity index (χ0n) is 16.5. The highest BCUT2D eigenvalue weighted by Crippen LogP contribution is 2.25. The van der Waals surface area contributed by atoms with Gasteiger partial charge in [0.05, 0.1) is 29.3 Å². The number of rotatable bonds is 6. The van der Waals surface area contributed by atoms with Crippen molar-refractivity contribution in [3.63, 3.8) is 0 Å². The fourth-order valence-electron chi connectivity index (χ4n) is 3.60. The molecule has 1 unspecified atom stereocenters. The molecule has 3 heterocycles. The van der Waals surface area contributed by atoms with Gasteiger partial charge in [-0.2, -0.15) is 4.98 Å². The highest BCUT2D eigenvalue weighted by Gasteiger charge is 2.21. The van der Waals surface area contributed by atoms with E-state index in [0.29, 0.717) is 40.1 Å². The Morgan fingerprint density at radius 1 is 1.16 bits per heavy atom. The molecule has 0 radical (unpaired) electrons. The molecule has 9 heteroatoms. The van der Waals surface area contributed by atoms with Crippen molar-refractivity contribution in [3.05, 3.63) is 69.2 Å². The SMILES string of the molecule is O=c1c2ccccc2nc(SCc2nc(-c3cccc(Br)c3)no2)n1CC1CCCO1. The largest absolute Gasteiger partial charge is 0.376 e. The van der Waals surface area contributed by atoms with E-state index in [1.807, 2.05) is 48.5 Å². The molecule has 0 bridgehead atoms. The van der Waals surface area contributed by atoms with Crippen LogP contribution in [-0.4, -0.2) is 32.4 Å². The van der Waals surface area contributed by atoms with Gasteiger partial charge >= 0.3 is 0 Å². The lowest BCUT2D eigenvalue weighted by Gasteiger charge is -2.16. The normalized spacial score (nSPS) is 16.2. The highest BCUT2D eigenvalue weighted by molar-refractivity contribution is 9.10. The molecule has 1 aliphatic heterocycles. The summed E-state index contributed by atoms with van der Waals surface area (Å²) in [5.74, 6) is 1.42. The molecule has 5 rings (SSSR count). The van der Waals surface area contributed by atoms with Crippen LogP contribution in [0, 0.1) is 0 Å². The molecule has 1 aliphatic rings. The highest BCUT2D eigenvalue weighted by atomic mass is 79.9. The Kier molecular flexibility index (Phi) is 5.89. The number of hydrogen-bond donors (Lipinski definition) is 0. The van der Waals surface area contributed by atoms with Crippen molar-refractivity contribution in [2.45, 2.75) is 36.4 Å². The van der Waals surface area contributed by atoms with Crippen LogP contribution < -0.4 is 5.56 Å². The topological polar surface area (TPSA) is 83.0 Å². The van der Waals surface area contributed by atoms with Crippen LogP contribution in [0.2, 0.25) is 0 Å². The first-order valence-corrected chi connectivity index (χ1v) is 11.8. The predicted molar refractivity (Wildman–Crippen MR) is 122 cm³/mol. The standard InChI is InChI=1S/C22H19BrN4O3S/c23-15-6-3-5-14(11-15)20-25-19(30-26-20)13-31-22-24-18-9-2-1-8-17(18)21(28)27(22)12-16-7-4-10-29-16/h1-3,5-6,8-9,11,16H,4,7,10,12-13H2. The Labute approximate surface area is 191 Å². The number of benzene rings is 2. The van der Waals surface area contributed by atoms with Crippen LogP contribution in [0.15, 0.2) is 67.5 Å². The van der Waals surface area contributed by atoms with E-state index >= 15 is 0 Å². The number of aromatic nitrogens is 4. The summed E-state index contributed by atoms with van der Waals surface area (Å²) in [4.78, 5) is 22.4. The van der Waals surface area contributed by atoms with E-state index in [9.17, 15) is 4.79 Å². The maximum Gasteiger partial charge on any atom is 0.262 e. The van der Waals surface area contributed by atoms with Gasteiger partial charge in [-0.15, -0.1) is 0 Å². The van der Waals surface area contributed by atoms with Gasteiger partial charge in [0.2, 0.25) is 11.7 Å². The van der Waals surface area contributed by atoms with Crippen molar-refractivity contribution < 1.29 is 9.26 Å². The van der Waals surface area contributed by atoms with Gasteiger partial charge in [-0.1, -0.05) is 57.1 Å². The van der Waals surface area contributed by atoms with E-state index in [-0.39, 0.29) is 11.7 Å². The molecular formula is C22H19BrN4O3S. The molecule has 31 heavy (non-hydrogen) atoms. The minimum Gasteiger partial charge on any atom is -0.376 e. The molecule has 0 N–H and O–H groups in total. The first-order chi connectivity index (χ1) is 15.2. The molecule has 0 amide bonds. The van der Waals surface area contributed by atoms with Crippen molar-refractivity contribution in [1.29, 1.82) is 0 Å². The summed E-state index contributed by atoms with van der Waals surface area (Å²) in [5, 5.41) is 5.32. The van der Waals surface area contributed by atoms with Crippen molar-refractivity contribution in [2.75, 3.05) is 6.61 Å². The van der Waals surface area contributed by atoms with E-state index in [4.69, 9.17) is 14.2 Å². The number of halogens is 1. The maximum atomic E-state index is 13.2. The molecule has 1 fully saturated rings. The van der Waals surface area contributed by atoms with Gasteiger partial charge in [0.1, 0.15) is 0 Å². The Hall–Kier alpha value is -2.49. The van der Waals surface area contributed by atoms with Crippen molar-refractivity contribution in [1.82, 2.24) is 19.7 Å². The monoisotopic (exact) mass is 498 g/mol. The predicted octanol–water partition coefficient (Wildman–Crippen LogP) is 4.68. The Morgan fingerprint density at radius 2 is 2.06 bits per heavy atom. The van der Waals surface area contributed by atoms with Crippen LogP contribution >= 0.6 is 27.7 Å². The third-order valence-corrected chi connectivity index (χ3v) is 6.57. The Morgan fingerprint density at radius 3 is 2.90 bits per heavy atom. The lowest BCUT2D eigenvalue weighted by Crippen LogP contribution is -2.28. The lowest BCUT2D eigenvalue weighted by molar-refractivity contribution is 0.0937. The first-order valence-electron chi connectivity index (χ1n) is 10.00. The van der Waals surface area contributed by atoms with Gasteiger partial charge in [0.15, 0.2) is 5.16 Å². The molecule has 1 atom stereocenters. The summed E-state index contributed by atoms with van der Waals surface area (Å²) in [6, 6.07) is 15.1. The maximum absolute atomic E-state index is 13.2. The minimum absolute atomic E-state index is 0.0338. The second-order valence-electron chi connectivity index (χ2n) is 7.27. The summed E-state index contributed by atoms with van der Waals surface area (Å²) >= 11 is 4.87. The smallest absolute Gasteiger partial charge is 0.262 e. The Balaban J connectivity index is 1.42.